The lowest BCUT2D eigenvalue weighted by Gasteiger charge is -2.35. The van der Waals surface area contributed by atoms with Crippen molar-refractivity contribution in [3.05, 3.63) is 124 Å². The van der Waals surface area contributed by atoms with E-state index in [4.69, 9.17) is 10.7 Å². The second kappa shape index (κ2) is 13.8. The molecular formula is C36H42N6O3. The standard InChI is InChI=1S/C36H42N6O3/c1-36(2,3)29-16-13-28(14-17-29)22-41-24-40-30-19-31(34(44)38-20-26-9-11-27(12-10-26)21-39-35(37)45)42(23-32(30)41)33(43)18-15-25-7-5-4-6-8-25/h4-14,16-17,24,31H,15,18-23H2,1-3H3,(H,38,44)(H3,37,39,45). The highest BCUT2D eigenvalue weighted by molar-refractivity contribution is 5.88. The number of carbonyl (C=O) groups is 3. The van der Waals surface area contributed by atoms with Gasteiger partial charge in [0.15, 0.2) is 0 Å². The second-order valence-electron chi connectivity index (χ2n) is 12.7. The fourth-order valence-electron chi connectivity index (χ4n) is 5.62. The van der Waals surface area contributed by atoms with Gasteiger partial charge in [0.05, 0.1) is 24.3 Å². The Morgan fingerprint density at radius 1 is 0.844 bits per heavy atom. The number of aryl methyl sites for hydroxylation is 1. The number of aromatic nitrogens is 2. The quantitative estimate of drug-likeness (QED) is 0.244. The van der Waals surface area contributed by atoms with Crippen molar-refractivity contribution in [2.24, 2.45) is 5.73 Å². The van der Waals surface area contributed by atoms with Gasteiger partial charge in [-0.05, 0) is 39.7 Å². The number of urea groups is 1. The number of nitrogens with zero attached hydrogens (tertiary/aromatic N) is 3. The molecule has 1 aliphatic rings. The minimum absolute atomic E-state index is 0.0572. The Kier molecular flexibility index (Phi) is 9.66. The molecule has 5 rings (SSSR count). The molecule has 0 bridgehead atoms. The Morgan fingerprint density at radius 3 is 2.09 bits per heavy atom. The number of primary amides is 1. The van der Waals surface area contributed by atoms with E-state index >= 15 is 0 Å². The Hall–Kier alpha value is -4.92. The monoisotopic (exact) mass is 606 g/mol. The van der Waals surface area contributed by atoms with Gasteiger partial charge >= 0.3 is 6.03 Å². The van der Waals surface area contributed by atoms with Crippen LogP contribution >= 0.6 is 0 Å². The Morgan fingerprint density at radius 2 is 1.47 bits per heavy atom. The summed E-state index contributed by atoms with van der Waals surface area (Å²) in [6, 6.07) is 24.9. The highest BCUT2D eigenvalue weighted by atomic mass is 16.2. The SMILES string of the molecule is CC(C)(C)c1ccc(Cn2cnc3c2CN(C(=O)CCc2ccccc2)C(C(=O)NCc2ccc(CNC(N)=O)cc2)C3)cc1. The fourth-order valence-corrected chi connectivity index (χ4v) is 5.62. The Labute approximate surface area is 264 Å². The van der Waals surface area contributed by atoms with Crippen LogP contribution in [-0.4, -0.2) is 38.3 Å². The molecule has 234 valence electrons. The number of hydrogen-bond acceptors (Lipinski definition) is 4. The largest absolute Gasteiger partial charge is 0.352 e. The summed E-state index contributed by atoms with van der Waals surface area (Å²) in [6.07, 6.45) is 3.09. The topological polar surface area (TPSA) is 122 Å². The Balaban J connectivity index is 1.31. The van der Waals surface area contributed by atoms with Crippen molar-refractivity contribution in [1.29, 1.82) is 0 Å². The van der Waals surface area contributed by atoms with Crippen LogP contribution in [0.5, 0.6) is 0 Å². The van der Waals surface area contributed by atoms with E-state index in [9.17, 15) is 14.4 Å². The third-order valence-corrected chi connectivity index (χ3v) is 8.34. The molecule has 9 heteroatoms. The van der Waals surface area contributed by atoms with Crippen molar-refractivity contribution in [2.45, 2.75) is 77.7 Å². The predicted molar refractivity (Wildman–Crippen MR) is 174 cm³/mol. The van der Waals surface area contributed by atoms with Crippen LogP contribution in [0, 0.1) is 0 Å². The summed E-state index contributed by atoms with van der Waals surface area (Å²) in [4.78, 5) is 44.7. The average Bonchev–Trinajstić information content (AvgIpc) is 3.43. The van der Waals surface area contributed by atoms with Crippen molar-refractivity contribution in [3.8, 4) is 0 Å². The van der Waals surface area contributed by atoms with Gasteiger partial charge in [-0.2, -0.15) is 0 Å². The zero-order valence-electron chi connectivity index (χ0n) is 26.3. The van der Waals surface area contributed by atoms with Gasteiger partial charge < -0.3 is 25.8 Å². The molecule has 0 saturated carbocycles. The Bertz CT molecular complexity index is 1620. The first kappa shape index (κ1) is 31.5. The van der Waals surface area contributed by atoms with E-state index in [-0.39, 0.29) is 17.2 Å². The van der Waals surface area contributed by atoms with Crippen LogP contribution in [-0.2, 0) is 54.0 Å². The molecule has 1 unspecified atom stereocenters. The fraction of sp³-hybridized carbons (Fsp3) is 0.333. The summed E-state index contributed by atoms with van der Waals surface area (Å²) < 4.78 is 2.10. The summed E-state index contributed by atoms with van der Waals surface area (Å²) in [7, 11) is 0. The number of hydrogen-bond donors (Lipinski definition) is 3. The molecule has 1 atom stereocenters. The van der Waals surface area contributed by atoms with E-state index in [1.165, 1.54) is 5.56 Å². The van der Waals surface area contributed by atoms with E-state index in [1.54, 1.807) is 4.90 Å². The van der Waals surface area contributed by atoms with Gasteiger partial charge in [-0.3, -0.25) is 9.59 Å². The first-order valence-corrected chi connectivity index (χ1v) is 15.4. The van der Waals surface area contributed by atoms with Gasteiger partial charge in [-0.1, -0.05) is 99.6 Å². The number of nitrogens with one attached hydrogen (secondary N) is 2. The highest BCUT2D eigenvalue weighted by Crippen LogP contribution is 2.26. The molecule has 0 spiro atoms. The zero-order valence-corrected chi connectivity index (χ0v) is 26.3. The van der Waals surface area contributed by atoms with Gasteiger partial charge in [0.1, 0.15) is 6.04 Å². The molecule has 45 heavy (non-hydrogen) atoms. The van der Waals surface area contributed by atoms with Gasteiger partial charge in [-0.25, -0.2) is 9.78 Å². The van der Waals surface area contributed by atoms with E-state index in [2.05, 4.69) is 60.2 Å². The molecule has 1 aliphatic heterocycles. The maximum absolute atomic E-state index is 13.7. The van der Waals surface area contributed by atoms with Gasteiger partial charge in [0.2, 0.25) is 11.8 Å². The summed E-state index contributed by atoms with van der Waals surface area (Å²) in [6.45, 7) is 8.22. The van der Waals surface area contributed by atoms with Gasteiger partial charge in [-0.15, -0.1) is 0 Å². The summed E-state index contributed by atoms with van der Waals surface area (Å²) in [5.41, 5.74) is 12.4. The number of imidazole rings is 1. The maximum Gasteiger partial charge on any atom is 0.312 e. The van der Waals surface area contributed by atoms with Crippen molar-refractivity contribution in [2.75, 3.05) is 0 Å². The molecule has 0 fully saturated rings. The van der Waals surface area contributed by atoms with Crippen LogP contribution in [0.25, 0.3) is 0 Å². The number of fused-ring (bicyclic) bond motifs is 1. The van der Waals surface area contributed by atoms with Crippen LogP contribution in [0.4, 0.5) is 4.79 Å². The zero-order chi connectivity index (χ0) is 32.0. The van der Waals surface area contributed by atoms with Crippen LogP contribution < -0.4 is 16.4 Å². The molecule has 9 nitrogen and oxygen atoms in total. The number of benzene rings is 3. The lowest BCUT2D eigenvalue weighted by Crippen LogP contribution is -2.52. The number of nitrogens with two attached hydrogens (primary N) is 1. The predicted octanol–water partition coefficient (Wildman–Crippen LogP) is 4.60. The van der Waals surface area contributed by atoms with Gasteiger partial charge in [0, 0.05) is 32.5 Å². The normalized spacial score (nSPS) is 14.5. The molecule has 0 radical (unpaired) electrons. The molecule has 2 heterocycles. The van der Waals surface area contributed by atoms with Crippen molar-refractivity contribution < 1.29 is 14.4 Å². The molecule has 3 aromatic carbocycles. The van der Waals surface area contributed by atoms with Crippen LogP contribution in [0.15, 0.2) is 85.2 Å². The highest BCUT2D eigenvalue weighted by Gasteiger charge is 2.36. The molecule has 4 aromatic rings. The first-order valence-electron chi connectivity index (χ1n) is 15.4. The van der Waals surface area contributed by atoms with Crippen LogP contribution in [0.3, 0.4) is 0 Å². The molecule has 0 saturated heterocycles. The third-order valence-electron chi connectivity index (χ3n) is 8.34. The number of carbonyl (C=O) groups excluding carboxylic acids is 3. The number of rotatable bonds is 10. The molecular weight excluding hydrogens is 564 g/mol. The summed E-state index contributed by atoms with van der Waals surface area (Å²) in [5.74, 6) is -0.265. The van der Waals surface area contributed by atoms with E-state index in [1.807, 2.05) is 60.9 Å². The van der Waals surface area contributed by atoms with Crippen molar-refractivity contribution in [1.82, 2.24) is 25.1 Å². The number of amides is 4. The summed E-state index contributed by atoms with van der Waals surface area (Å²) in [5, 5.41) is 5.60. The molecule has 4 N–H and O–H groups in total. The average molecular weight is 607 g/mol. The van der Waals surface area contributed by atoms with Crippen LogP contribution in [0.1, 0.15) is 66.4 Å². The van der Waals surface area contributed by atoms with Crippen molar-refractivity contribution in [3.63, 3.8) is 0 Å². The van der Waals surface area contributed by atoms with E-state index < -0.39 is 12.1 Å². The molecule has 4 amide bonds. The maximum atomic E-state index is 13.7. The van der Waals surface area contributed by atoms with Crippen LogP contribution in [0.2, 0.25) is 0 Å². The third kappa shape index (κ3) is 8.17. The van der Waals surface area contributed by atoms with E-state index in [0.717, 1.165) is 33.6 Å². The molecule has 0 aliphatic carbocycles. The lowest BCUT2D eigenvalue weighted by molar-refractivity contribution is -0.142. The smallest absolute Gasteiger partial charge is 0.312 e. The molecule has 1 aromatic heterocycles. The second-order valence-corrected chi connectivity index (χ2v) is 12.7. The minimum atomic E-state index is -0.658. The van der Waals surface area contributed by atoms with Crippen molar-refractivity contribution >= 4 is 17.8 Å². The first-order chi connectivity index (χ1) is 21.6. The van der Waals surface area contributed by atoms with E-state index in [0.29, 0.717) is 45.4 Å². The van der Waals surface area contributed by atoms with Gasteiger partial charge in [0.25, 0.3) is 0 Å². The lowest BCUT2D eigenvalue weighted by atomic mass is 9.87. The summed E-state index contributed by atoms with van der Waals surface area (Å²) >= 11 is 0. The minimum Gasteiger partial charge on any atom is -0.352 e.